The fraction of sp³-hybridized carbons (Fsp3) is 0.267. The third-order valence-electron chi connectivity index (χ3n) is 6.81. The minimum atomic E-state index is -1.49. The molecular weight excluding hydrogens is 552 g/mol. The highest BCUT2D eigenvalue weighted by atomic mass is 16.4. The number of nitrogen functional groups attached to an aromatic ring is 1. The van der Waals surface area contributed by atoms with Crippen molar-refractivity contribution in [1.82, 2.24) is 10.6 Å². The number of primary amides is 1. The molecule has 13 heteroatoms. The molecule has 3 rings (SSSR count). The van der Waals surface area contributed by atoms with E-state index in [-0.39, 0.29) is 31.2 Å². The Bertz CT molecular complexity index is 1520. The first-order valence-electron chi connectivity index (χ1n) is 13.5. The van der Waals surface area contributed by atoms with Gasteiger partial charge < -0.3 is 38.7 Å². The number of nitrogens with one attached hydrogen (secondary N) is 3. The predicted molar refractivity (Wildman–Crippen MR) is 163 cm³/mol. The molecule has 0 aliphatic heterocycles. The number of hydrogen-bond donors (Lipinski definition) is 8. The fourth-order valence-electron chi connectivity index (χ4n) is 4.56. The van der Waals surface area contributed by atoms with Crippen LogP contribution in [0.25, 0.3) is 10.8 Å². The standard InChI is InChI=1S/C30H36N8O5/c31-26(32)19-9-7-17(8-10-19)14-22(21-12-11-18-4-1-2-5-20(18)15-21)28(42)38-24(16-25(39)40)29(43)37-23(27(33)41)6-3-13-36-30(34)35/h1-2,4-5,7-12,15,22-24H,3,6,13-14,16H2,(H3,31,32)(H2,33,41)(H,37,43)(H,38,42)(H,39,40)(H4,34,35,36)/t22-,23?,24?/m0/s1. The van der Waals surface area contributed by atoms with Crippen molar-refractivity contribution in [2.75, 3.05) is 6.54 Å². The van der Waals surface area contributed by atoms with E-state index in [1.54, 1.807) is 24.3 Å². The summed E-state index contributed by atoms with van der Waals surface area (Å²) in [6, 6.07) is 17.4. The van der Waals surface area contributed by atoms with Gasteiger partial charge in [0.2, 0.25) is 17.7 Å². The summed E-state index contributed by atoms with van der Waals surface area (Å²) in [4.78, 5) is 54.4. The van der Waals surface area contributed by atoms with E-state index in [1.165, 1.54) is 0 Å². The Labute approximate surface area is 248 Å². The molecule has 0 heterocycles. The second-order valence-electron chi connectivity index (χ2n) is 10.0. The molecule has 0 aromatic heterocycles. The Hall–Kier alpha value is -5.46. The molecule has 0 aliphatic carbocycles. The maximum Gasteiger partial charge on any atom is 0.305 e. The van der Waals surface area contributed by atoms with Crippen molar-refractivity contribution < 1.29 is 24.3 Å². The number of benzene rings is 3. The first-order chi connectivity index (χ1) is 20.4. The van der Waals surface area contributed by atoms with E-state index >= 15 is 0 Å². The molecule has 13 nitrogen and oxygen atoms in total. The monoisotopic (exact) mass is 588 g/mol. The van der Waals surface area contributed by atoms with Crippen LogP contribution in [0, 0.1) is 5.41 Å². The molecule has 3 aromatic carbocycles. The Morgan fingerprint density at radius 3 is 2.09 bits per heavy atom. The zero-order valence-electron chi connectivity index (χ0n) is 23.5. The predicted octanol–water partition coefficient (Wildman–Crippen LogP) is 0.433. The maximum atomic E-state index is 13.8. The molecule has 0 radical (unpaired) electrons. The molecule has 0 aliphatic rings. The highest BCUT2D eigenvalue weighted by Crippen LogP contribution is 2.26. The third-order valence-corrected chi connectivity index (χ3v) is 6.81. The minimum absolute atomic E-state index is 0.0941. The molecule has 0 saturated heterocycles. The van der Waals surface area contributed by atoms with Crippen molar-refractivity contribution in [1.29, 1.82) is 5.41 Å². The lowest BCUT2D eigenvalue weighted by atomic mass is 9.89. The van der Waals surface area contributed by atoms with E-state index in [9.17, 15) is 24.3 Å². The van der Waals surface area contributed by atoms with Gasteiger partial charge in [0, 0.05) is 12.1 Å². The molecular formula is C30H36N8O5. The van der Waals surface area contributed by atoms with Crippen molar-refractivity contribution in [3.8, 4) is 0 Å². The summed E-state index contributed by atoms with van der Waals surface area (Å²) in [6.07, 6.45) is -0.108. The smallest absolute Gasteiger partial charge is 0.305 e. The molecule has 0 spiro atoms. The summed E-state index contributed by atoms with van der Waals surface area (Å²) in [7, 11) is 0. The number of rotatable bonds is 15. The van der Waals surface area contributed by atoms with Crippen LogP contribution in [0.2, 0.25) is 0 Å². The summed E-state index contributed by atoms with van der Waals surface area (Å²) in [6.45, 7) is 0.193. The van der Waals surface area contributed by atoms with Crippen LogP contribution >= 0.6 is 0 Å². The van der Waals surface area contributed by atoms with Crippen LogP contribution in [0.3, 0.4) is 0 Å². The zero-order chi connectivity index (χ0) is 31.5. The van der Waals surface area contributed by atoms with Gasteiger partial charge in [0.25, 0.3) is 0 Å². The van der Waals surface area contributed by atoms with E-state index in [0.717, 1.165) is 16.3 Å². The van der Waals surface area contributed by atoms with Crippen molar-refractivity contribution in [2.45, 2.75) is 43.7 Å². The molecule has 3 aromatic rings. The number of guanidine groups is 1. The van der Waals surface area contributed by atoms with Crippen molar-refractivity contribution in [3.05, 3.63) is 83.4 Å². The summed E-state index contributed by atoms with van der Waals surface area (Å²) >= 11 is 0. The second-order valence-corrected chi connectivity index (χ2v) is 10.0. The second kappa shape index (κ2) is 15.0. The lowest BCUT2D eigenvalue weighted by Crippen LogP contribution is -2.54. The molecule has 226 valence electrons. The molecule has 2 unspecified atom stereocenters. The number of amidine groups is 1. The van der Waals surface area contributed by atoms with Gasteiger partial charge in [-0.3, -0.25) is 29.6 Å². The molecule has 0 bridgehead atoms. The van der Waals surface area contributed by atoms with Crippen molar-refractivity contribution >= 4 is 46.3 Å². The van der Waals surface area contributed by atoms with Crippen LogP contribution in [0.5, 0.6) is 0 Å². The number of hydrogen-bond acceptors (Lipinski definition) is 6. The highest BCUT2D eigenvalue weighted by molar-refractivity contribution is 5.96. The van der Waals surface area contributed by atoms with Gasteiger partial charge in [0.15, 0.2) is 5.96 Å². The van der Waals surface area contributed by atoms with Crippen LogP contribution < -0.4 is 33.6 Å². The zero-order valence-corrected chi connectivity index (χ0v) is 23.5. The molecule has 3 amide bonds. The highest BCUT2D eigenvalue weighted by Gasteiger charge is 2.31. The minimum Gasteiger partial charge on any atom is -0.481 e. The number of nitrogens with two attached hydrogens (primary N) is 4. The lowest BCUT2D eigenvalue weighted by molar-refractivity contribution is -0.141. The summed E-state index contributed by atoms with van der Waals surface area (Å²) in [5, 5.41) is 24.0. The van der Waals surface area contributed by atoms with Crippen LogP contribution in [-0.2, 0) is 25.6 Å². The van der Waals surface area contributed by atoms with Crippen LogP contribution in [-0.4, -0.2) is 59.2 Å². The average Bonchev–Trinajstić information content (AvgIpc) is 2.96. The number of carbonyl (C=O) groups is 4. The normalized spacial score (nSPS) is 12.8. The van der Waals surface area contributed by atoms with E-state index in [0.29, 0.717) is 17.5 Å². The van der Waals surface area contributed by atoms with Gasteiger partial charge in [-0.15, -0.1) is 0 Å². The largest absolute Gasteiger partial charge is 0.481 e. The van der Waals surface area contributed by atoms with Gasteiger partial charge in [-0.05, 0) is 41.2 Å². The lowest BCUT2D eigenvalue weighted by Gasteiger charge is -2.24. The van der Waals surface area contributed by atoms with Gasteiger partial charge >= 0.3 is 5.97 Å². The van der Waals surface area contributed by atoms with Crippen LogP contribution in [0.4, 0.5) is 0 Å². The first kappa shape index (κ1) is 32.1. The average molecular weight is 589 g/mol. The number of carboxylic acids is 1. The molecule has 0 saturated carbocycles. The maximum absolute atomic E-state index is 13.8. The SMILES string of the molecule is N=C(N)c1ccc(C[C@H](C(=O)NC(CC(=O)O)C(=O)NC(CCCN=C(N)N)C(N)=O)c2ccc3ccccc3c2)cc1. The number of carbonyl (C=O) groups excluding carboxylic acids is 3. The van der Waals surface area contributed by atoms with Gasteiger partial charge in [-0.25, -0.2) is 0 Å². The van der Waals surface area contributed by atoms with Gasteiger partial charge in [-0.2, -0.15) is 0 Å². The number of fused-ring (bicyclic) bond motifs is 1. The fourth-order valence-corrected chi connectivity index (χ4v) is 4.56. The summed E-state index contributed by atoms with van der Waals surface area (Å²) in [5.41, 5.74) is 23.5. The van der Waals surface area contributed by atoms with E-state index < -0.39 is 48.1 Å². The topological polar surface area (TPSA) is 253 Å². The number of amides is 3. The summed E-state index contributed by atoms with van der Waals surface area (Å²) in [5.74, 6) is -4.65. The quantitative estimate of drug-likeness (QED) is 0.0700. The van der Waals surface area contributed by atoms with Crippen molar-refractivity contribution in [2.24, 2.45) is 27.9 Å². The Balaban J connectivity index is 1.87. The number of aliphatic imine (C=N–C) groups is 1. The van der Waals surface area contributed by atoms with Crippen LogP contribution in [0.15, 0.2) is 71.7 Å². The van der Waals surface area contributed by atoms with Gasteiger partial charge in [0.05, 0.1) is 12.3 Å². The van der Waals surface area contributed by atoms with Gasteiger partial charge in [0.1, 0.15) is 17.9 Å². The Morgan fingerprint density at radius 2 is 1.49 bits per heavy atom. The van der Waals surface area contributed by atoms with Crippen LogP contribution in [0.1, 0.15) is 41.9 Å². The number of carboxylic acid groups (broad SMARTS) is 1. The Kier molecular flexibility index (Phi) is 11.2. The third kappa shape index (κ3) is 9.56. The van der Waals surface area contributed by atoms with E-state index in [2.05, 4.69) is 15.6 Å². The first-order valence-corrected chi connectivity index (χ1v) is 13.5. The molecule has 3 atom stereocenters. The summed E-state index contributed by atoms with van der Waals surface area (Å²) < 4.78 is 0. The molecule has 43 heavy (non-hydrogen) atoms. The van der Waals surface area contributed by atoms with E-state index in [1.807, 2.05) is 42.5 Å². The number of aliphatic carboxylic acids is 1. The molecule has 12 N–H and O–H groups in total. The van der Waals surface area contributed by atoms with Crippen molar-refractivity contribution in [3.63, 3.8) is 0 Å². The number of nitrogens with zero attached hydrogens (tertiary/aromatic N) is 1. The van der Waals surface area contributed by atoms with Gasteiger partial charge in [-0.1, -0.05) is 66.7 Å². The Morgan fingerprint density at radius 1 is 0.837 bits per heavy atom. The van der Waals surface area contributed by atoms with E-state index in [4.69, 9.17) is 28.3 Å². The molecule has 0 fully saturated rings.